The number of hydrogen-bond acceptors (Lipinski definition) is 5. The predicted molar refractivity (Wildman–Crippen MR) is 104 cm³/mol. The van der Waals surface area contributed by atoms with Crippen molar-refractivity contribution in [3.63, 3.8) is 0 Å². The highest BCUT2D eigenvalue weighted by atomic mass is 32.1. The molecule has 1 amide bonds. The van der Waals surface area contributed by atoms with Gasteiger partial charge in [-0.25, -0.2) is 9.37 Å². The molecule has 4 rings (SSSR count). The SMILES string of the molecule is COc1ccc(-c2csc(NC(=O)C3CC4CCCC(C3)C4N)n2)cc1F. The summed E-state index contributed by atoms with van der Waals surface area (Å²) in [6.07, 6.45) is 5.22. The number of anilines is 1. The molecule has 0 radical (unpaired) electrons. The summed E-state index contributed by atoms with van der Waals surface area (Å²) in [6.45, 7) is 0. The summed E-state index contributed by atoms with van der Waals surface area (Å²) in [6, 6.07) is 4.97. The van der Waals surface area contributed by atoms with Crippen molar-refractivity contribution >= 4 is 22.4 Å². The second kappa shape index (κ2) is 7.56. The first-order valence-electron chi connectivity index (χ1n) is 9.41. The highest BCUT2D eigenvalue weighted by Gasteiger charge is 2.40. The minimum Gasteiger partial charge on any atom is -0.494 e. The molecule has 3 N–H and O–H groups in total. The van der Waals surface area contributed by atoms with Gasteiger partial charge in [0.25, 0.3) is 0 Å². The number of benzene rings is 1. The Morgan fingerprint density at radius 1 is 1.33 bits per heavy atom. The van der Waals surface area contributed by atoms with Crippen LogP contribution >= 0.6 is 11.3 Å². The fraction of sp³-hybridized carbons (Fsp3) is 0.500. The highest BCUT2D eigenvalue weighted by molar-refractivity contribution is 7.14. The lowest BCUT2D eigenvalue weighted by atomic mass is 9.65. The largest absolute Gasteiger partial charge is 0.494 e. The first kappa shape index (κ1) is 18.4. The number of carbonyl (C=O) groups is 1. The average molecular weight is 389 g/mol. The molecule has 2 bridgehead atoms. The maximum Gasteiger partial charge on any atom is 0.229 e. The number of methoxy groups -OCH3 is 1. The maximum atomic E-state index is 13.9. The number of nitrogens with one attached hydrogen (secondary N) is 1. The molecule has 2 fully saturated rings. The van der Waals surface area contributed by atoms with E-state index in [1.807, 2.05) is 5.38 Å². The summed E-state index contributed by atoms with van der Waals surface area (Å²) in [5.74, 6) is 0.721. The molecule has 1 heterocycles. The molecule has 0 aliphatic heterocycles. The van der Waals surface area contributed by atoms with Crippen molar-refractivity contribution in [1.82, 2.24) is 4.98 Å². The van der Waals surface area contributed by atoms with E-state index in [9.17, 15) is 9.18 Å². The van der Waals surface area contributed by atoms with Gasteiger partial charge < -0.3 is 15.8 Å². The zero-order chi connectivity index (χ0) is 19.0. The number of nitrogens with zero attached hydrogens (tertiary/aromatic N) is 1. The van der Waals surface area contributed by atoms with E-state index in [4.69, 9.17) is 10.5 Å². The number of halogens is 1. The third-order valence-electron chi connectivity index (χ3n) is 5.97. The van der Waals surface area contributed by atoms with Crippen molar-refractivity contribution in [2.75, 3.05) is 12.4 Å². The van der Waals surface area contributed by atoms with Gasteiger partial charge in [0.05, 0.1) is 12.8 Å². The number of rotatable bonds is 4. The molecule has 2 aliphatic rings. The lowest BCUT2D eigenvalue weighted by molar-refractivity contribution is -0.122. The van der Waals surface area contributed by atoms with Crippen molar-refractivity contribution in [1.29, 1.82) is 0 Å². The summed E-state index contributed by atoms with van der Waals surface area (Å²) in [5.41, 5.74) is 7.61. The van der Waals surface area contributed by atoms with Crippen LogP contribution in [0.25, 0.3) is 11.3 Å². The smallest absolute Gasteiger partial charge is 0.229 e. The number of carbonyl (C=O) groups excluding carboxylic acids is 1. The molecule has 27 heavy (non-hydrogen) atoms. The number of amides is 1. The van der Waals surface area contributed by atoms with Crippen LogP contribution in [0.2, 0.25) is 0 Å². The molecule has 0 spiro atoms. The molecule has 7 heteroatoms. The van der Waals surface area contributed by atoms with E-state index in [0.29, 0.717) is 28.2 Å². The minimum absolute atomic E-state index is 0.00545. The van der Waals surface area contributed by atoms with E-state index in [1.165, 1.54) is 30.9 Å². The molecule has 1 aromatic carbocycles. The predicted octanol–water partition coefficient (Wildman–Crippen LogP) is 4.05. The summed E-state index contributed by atoms with van der Waals surface area (Å²) in [4.78, 5) is 17.2. The van der Waals surface area contributed by atoms with Crippen LogP contribution < -0.4 is 15.8 Å². The summed E-state index contributed by atoms with van der Waals surface area (Å²) < 4.78 is 18.9. The van der Waals surface area contributed by atoms with Gasteiger partial charge in [-0.3, -0.25) is 4.79 Å². The monoisotopic (exact) mass is 389 g/mol. The number of aromatic nitrogens is 1. The maximum absolute atomic E-state index is 13.9. The standard InChI is InChI=1S/C20H24FN3O2S/c1-26-17-6-5-11(9-15(17)21)16-10-27-20(23-16)24-19(25)14-7-12-3-2-4-13(8-14)18(12)22/h5-6,9-10,12-14,18H,2-4,7-8,22H2,1H3,(H,23,24,25). The van der Waals surface area contributed by atoms with E-state index in [0.717, 1.165) is 25.7 Å². The number of nitrogens with two attached hydrogens (primary N) is 1. The molecule has 0 saturated heterocycles. The summed E-state index contributed by atoms with van der Waals surface area (Å²) >= 11 is 1.35. The molecular formula is C20H24FN3O2S. The van der Waals surface area contributed by atoms with Gasteiger partial charge in [-0.2, -0.15) is 0 Å². The van der Waals surface area contributed by atoms with Crippen LogP contribution in [-0.4, -0.2) is 24.0 Å². The van der Waals surface area contributed by atoms with Crippen LogP contribution in [0.15, 0.2) is 23.6 Å². The zero-order valence-corrected chi connectivity index (χ0v) is 16.1. The van der Waals surface area contributed by atoms with Crippen LogP contribution in [0, 0.1) is 23.6 Å². The Morgan fingerprint density at radius 3 is 2.74 bits per heavy atom. The number of fused-ring (bicyclic) bond motifs is 2. The van der Waals surface area contributed by atoms with Crippen LogP contribution in [0.4, 0.5) is 9.52 Å². The zero-order valence-electron chi connectivity index (χ0n) is 15.3. The minimum atomic E-state index is -0.432. The van der Waals surface area contributed by atoms with E-state index in [-0.39, 0.29) is 23.6 Å². The Labute approximate surface area is 162 Å². The van der Waals surface area contributed by atoms with Gasteiger partial charge in [0.2, 0.25) is 5.91 Å². The third kappa shape index (κ3) is 3.71. The van der Waals surface area contributed by atoms with Crippen molar-refractivity contribution < 1.29 is 13.9 Å². The summed E-state index contributed by atoms with van der Waals surface area (Å²) in [5, 5.41) is 5.32. The first-order valence-corrected chi connectivity index (χ1v) is 10.3. The molecule has 2 saturated carbocycles. The highest BCUT2D eigenvalue weighted by Crippen LogP contribution is 2.42. The molecule has 2 atom stereocenters. The van der Waals surface area contributed by atoms with Crippen LogP contribution in [-0.2, 0) is 4.79 Å². The lowest BCUT2D eigenvalue weighted by Gasteiger charge is -2.43. The van der Waals surface area contributed by atoms with Gasteiger partial charge in [-0.05, 0) is 55.7 Å². The number of ether oxygens (including phenoxy) is 1. The number of hydrogen-bond donors (Lipinski definition) is 2. The Morgan fingerprint density at radius 2 is 2.07 bits per heavy atom. The quantitative estimate of drug-likeness (QED) is 0.827. The van der Waals surface area contributed by atoms with E-state index in [1.54, 1.807) is 12.1 Å². The second-order valence-electron chi connectivity index (χ2n) is 7.57. The van der Waals surface area contributed by atoms with Gasteiger partial charge in [0.15, 0.2) is 16.7 Å². The molecule has 5 nitrogen and oxygen atoms in total. The van der Waals surface area contributed by atoms with Crippen LogP contribution in [0.1, 0.15) is 32.1 Å². The molecule has 2 unspecified atom stereocenters. The molecule has 2 aliphatic carbocycles. The lowest BCUT2D eigenvalue weighted by Crippen LogP contribution is -2.48. The normalized spacial score (nSPS) is 27.2. The van der Waals surface area contributed by atoms with E-state index >= 15 is 0 Å². The van der Waals surface area contributed by atoms with E-state index in [2.05, 4.69) is 10.3 Å². The van der Waals surface area contributed by atoms with Crippen LogP contribution in [0.3, 0.4) is 0 Å². The molecule has 144 valence electrons. The van der Waals surface area contributed by atoms with Crippen molar-refractivity contribution in [2.24, 2.45) is 23.5 Å². The Kier molecular flexibility index (Phi) is 5.14. The fourth-order valence-corrected chi connectivity index (χ4v) is 5.22. The van der Waals surface area contributed by atoms with Crippen molar-refractivity contribution in [3.8, 4) is 17.0 Å². The van der Waals surface area contributed by atoms with Crippen molar-refractivity contribution in [2.45, 2.75) is 38.1 Å². The first-order chi connectivity index (χ1) is 13.0. The van der Waals surface area contributed by atoms with Gasteiger partial charge in [0.1, 0.15) is 0 Å². The molecule has 2 aromatic rings. The second-order valence-corrected chi connectivity index (χ2v) is 8.43. The van der Waals surface area contributed by atoms with Gasteiger partial charge >= 0.3 is 0 Å². The van der Waals surface area contributed by atoms with Gasteiger partial charge in [0, 0.05) is 22.9 Å². The van der Waals surface area contributed by atoms with Gasteiger partial charge in [-0.15, -0.1) is 11.3 Å². The summed E-state index contributed by atoms with van der Waals surface area (Å²) in [7, 11) is 1.43. The topological polar surface area (TPSA) is 77.2 Å². The molecule has 1 aromatic heterocycles. The van der Waals surface area contributed by atoms with E-state index < -0.39 is 5.82 Å². The Bertz CT molecular complexity index is 826. The Balaban J connectivity index is 1.43. The Hall–Kier alpha value is -1.99. The third-order valence-corrected chi connectivity index (χ3v) is 6.72. The number of thiazole rings is 1. The fourth-order valence-electron chi connectivity index (χ4n) is 4.50. The van der Waals surface area contributed by atoms with Gasteiger partial charge in [-0.1, -0.05) is 6.42 Å². The average Bonchev–Trinajstić information content (AvgIpc) is 3.09. The molecular weight excluding hydrogens is 365 g/mol. The van der Waals surface area contributed by atoms with Crippen molar-refractivity contribution in [3.05, 3.63) is 29.4 Å². The van der Waals surface area contributed by atoms with Crippen LogP contribution in [0.5, 0.6) is 5.75 Å².